The van der Waals surface area contributed by atoms with Crippen LogP contribution in [0.2, 0.25) is 0 Å². The third-order valence-corrected chi connectivity index (χ3v) is 0.465. The molecule has 0 fully saturated rings. The Kier molecular flexibility index (Phi) is 5.86. The van der Waals surface area contributed by atoms with E-state index in [2.05, 4.69) is 4.28 Å². The van der Waals surface area contributed by atoms with Crippen molar-refractivity contribution in [1.82, 2.24) is 0 Å². The molecule has 0 heterocycles. The zero-order valence-corrected chi connectivity index (χ0v) is 7.80. The van der Waals surface area contributed by atoms with Crippen LogP contribution in [-0.2, 0) is 14.7 Å². The first-order valence-electron chi connectivity index (χ1n) is 1.23. The average molecular weight is 283 g/mol. The third kappa shape index (κ3) is 11.9. The van der Waals surface area contributed by atoms with Gasteiger partial charge in [-0.3, -0.25) is 0 Å². The Bertz CT molecular complexity index is 179. The predicted molar refractivity (Wildman–Crippen MR) is 16.2 cm³/mol. The standard InChI is InChI=1S/Ce.HNO6S/c;2-1(3)7-8(4,5)6/h;(H-,2,3,4,5,6). The molecule has 9 heavy (non-hydrogen) atoms. The van der Waals surface area contributed by atoms with Gasteiger partial charge in [0, 0.05) is 41.7 Å². The maximum Gasteiger partial charge on any atom is 0.491 e. The van der Waals surface area contributed by atoms with Crippen molar-refractivity contribution in [2.75, 3.05) is 0 Å². The van der Waals surface area contributed by atoms with Crippen molar-refractivity contribution in [3.05, 3.63) is 4.91 Å². The summed E-state index contributed by atoms with van der Waals surface area (Å²) in [5.74, 6) is 0. The molecule has 0 aliphatic heterocycles. The molecule has 0 aromatic rings. The molecule has 0 aromatic carbocycles. The monoisotopic (exact) mass is 283 g/mol. The van der Waals surface area contributed by atoms with E-state index in [1.807, 2.05) is 0 Å². The maximum absolute atomic E-state index is 9.26. The van der Waals surface area contributed by atoms with Crippen LogP contribution in [-0.4, -0.2) is 23.3 Å². The summed E-state index contributed by atoms with van der Waals surface area (Å²) in [5, 5.41) is 5.92. The normalized spacial score (nSPS) is 9.44. The van der Waals surface area contributed by atoms with E-state index in [4.69, 9.17) is 10.1 Å². The van der Waals surface area contributed by atoms with E-state index in [1.165, 1.54) is 0 Å². The van der Waals surface area contributed by atoms with E-state index < -0.39 is 15.5 Å². The summed E-state index contributed by atoms with van der Waals surface area (Å²) in [6.07, 6.45) is 0. The quantitative estimate of drug-likeness (QED) is 0.377. The topological polar surface area (TPSA) is 107 Å². The summed E-state index contributed by atoms with van der Waals surface area (Å²) in [6, 6.07) is 0. The number of rotatable bonds is 2. The molecule has 52 valence electrons. The van der Waals surface area contributed by atoms with E-state index >= 15 is 0 Å². The molecule has 0 rings (SSSR count). The van der Waals surface area contributed by atoms with Crippen molar-refractivity contribution in [3.63, 3.8) is 0 Å². The Balaban J connectivity index is 0. The van der Waals surface area contributed by atoms with Crippen molar-refractivity contribution in [2.45, 2.75) is 0 Å². The molecule has 0 spiro atoms. The van der Waals surface area contributed by atoms with E-state index in [-0.39, 0.29) is 41.7 Å². The van der Waals surface area contributed by atoms with Crippen LogP contribution in [0.15, 0.2) is 0 Å². The van der Waals surface area contributed by atoms with Crippen molar-refractivity contribution >= 4 is 10.4 Å². The largest absolute Gasteiger partial charge is 0.711 e. The van der Waals surface area contributed by atoms with Crippen LogP contribution >= 0.6 is 0 Å². The van der Waals surface area contributed by atoms with E-state index in [1.54, 1.807) is 0 Å². The number of nitrogens with zero attached hydrogens (tertiary/aromatic N) is 1. The Labute approximate surface area is 83.8 Å². The van der Waals surface area contributed by atoms with Gasteiger partial charge in [-0.2, -0.15) is 13.6 Å². The molecule has 0 radical (unpaired) electrons. The second-order valence-corrected chi connectivity index (χ2v) is 1.69. The Hall–Kier alpha value is 0.487. The first kappa shape index (κ1) is 12.2. The fraction of sp³-hybridized carbons (Fsp3) is 0. The summed E-state index contributed by atoms with van der Waals surface area (Å²) in [4.78, 5) is 9.13. The molecular formula is HCeNO6S. The minimum Gasteiger partial charge on any atom is -0.711 e. The van der Waals surface area contributed by atoms with E-state index in [0.717, 1.165) is 0 Å². The Morgan fingerprint density at radius 1 is 1.56 bits per heavy atom. The molecule has 0 aromatic heterocycles. The molecule has 0 saturated carbocycles. The van der Waals surface area contributed by atoms with Gasteiger partial charge < -0.3 is 4.55 Å². The van der Waals surface area contributed by atoms with Gasteiger partial charge in [0.2, 0.25) is 0 Å². The maximum atomic E-state index is 9.26. The van der Waals surface area contributed by atoms with Crippen LogP contribution in [0.25, 0.3) is 0 Å². The van der Waals surface area contributed by atoms with Gasteiger partial charge >= 0.3 is 15.5 Å². The second kappa shape index (κ2) is 4.33. The predicted octanol–water partition coefficient (Wildman–Crippen LogP) is -1.45. The molecule has 0 atom stereocenters. The van der Waals surface area contributed by atoms with Crippen LogP contribution < -0.4 is 0 Å². The van der Waals surface area contributed by atoms with Gasteiger partial charge in [-0.25, -0.2) is 0 Å². The molecule has 0 amide bonds. The molecule has 0 bridgehead atoms. The van der Waals surface area contributed by atoms with Crippen molar-refractivity contribution < 1.29 is 69.3 Å². The fourth-order valence-corrected chi connectivity index (χ4v) is 0.234. The van der Waals surface area contributed by atoms with Crippen molar-refractivity contribution in [3.8, 4) is 0 Å². The van der Waals surface area contributed by atoms with Crippen LogP contribution in [0.4, 0.5) is 0 Å². The molecule has 1 N–H and O–H groups in total. The van der Waals surface area contributed by atoms with Gasteiger partial charge in [-0.05, 0) is 0 Å². The third-order valence-electron chi connectivity index (χ3n) is 0.155. The van der Waals surface area contributed by atoms with E-state index in [9.17, 15) is 13.0 Å². The van der Waals surface area contributed by atoms with Crippen molar-refractivity contribution in [1.29, 1.82) is 0 Å². The first-order chi connectivity index (χ1) is 3.42. The molecule has 7 nitrogen and oxygen atoms in total. The minimum absolute atomic E-state index is 0. The van der Waals surface area contributed by atoms with Gasteiger partial charge in [-0.1, -0.05) is 4.28 Å². The van der Waals surface area contributed by atoms with Crippen LogP contribution in [0.1, 0.15) is 0 Å². The summed E-state index contributed by atoms with van der Waals surface area (Å²) in [6.45, 7) is 0. The Morgan fingerprint density at radius 3 is 1.89 bits per heavy atom. The van der Waals surface area contributed by atoms with Gasteiger partial charge in [0.25, 0.3) is 0 Å². The fourth-order valence-electron chi connectivity index (χ4n) is 0.0781. The number of hydrogen-bond acceptors (Lipinski definition) is 5. The van der Waals surface area contributed by atoms with Crippen LogP contribution in [0.5, 0.6) is 0 Å². The molecule has 0 aliphatic rings. The van der Waals surface area contributed by atoms with Crippen LogP contribution in [0, 0.1) is 46.7 Å². The van der Waals surface area contributed by atoms with Gasteiger partial charge in [0.1, 0.15) is 4.91 Å². The zero-order chi connectivity index (χ0) is 6.78. The molecule has 0 unspecified atom stereocenters. The molecule has 9 heteroatoms. The summed E-state index contributed by atoms with van der Waals surface area (Å²) < 4.78 is 30.5. The first-order valence-corrected chi connectivity index (χ1v) is 2.57. The zero-order valence-electron chi connectivity index (χ0n) is 3.84. The summed E-state index contributed by atoms with van der Waals surface area (Å²) in [7, 11) is -5.11. The minimum atomic E-state index is -5.11. The van der Waals surface area contributed by atoms with Gasteiger partial charge in [0.05, 0.1) is 0 Å². The van der Waals surface area contributed by atoms with Crippen molar-refractivity contribution in [2.24, 2.45) is 0 Å². The van der Waals surface area contributed by atoms with Crippen LogP contribution in [0.3, 0.4) is 0 Å². The molecular weight excluding hydrogens is 282 g/mol. The Morgan fingerprint density at radius 2 is 1.89 bits per heavy atom. The van der Waals surface area contributed by atoms with Gasteiger partial charge in [-0.15, -0.1) is 0 Å². The molecule has 0 saturated heterocycles. The summed E-state index contributed by atoms with van der Waals surface area (Å²) in [5.41, 5.74) is 0. The second-order valence-electron chi connectivity index (χ2n) is 0.721. The average Bonchev–Trinajstić information content (AvgIpc) is 1.21. The summed E-state index contributed by atoms with van der Waals surface area (Å²) >= 11 is 0. The smallest absolute Gasteiger partial charge is 0.491 e. The SMILES string of the molecule is O=[N+](O)OS(=O)(=O)[O-].[Ce]. The number of hydrogen-bond donors (Lipinski definition) is 1. The molecule has 0 aliphatic carbocycles. The van der Waals surface area contributed by atoms with Gasteiger partial charge in [0.15, 0.2) is 0 Å². The van der Waals surface area contributed by atoms with E-state index in [0.29, 0.717) is 0 Å².